The minimum atomic E-state index is 0.0734. The summed E-state index contributed by atoms with van der Waals surface area (Å²) in [6.07, 6.45) is 34.5. The first-order valence-corrected chi connectivity index (χ1v) is 15.9. The van der Waals surface area contributed by atoms with Crippen molar-refractivity contribution in [3.63, 3.8) is 0 Å². The van der Waals surface area contributed by atoms with E-state index in [1.807, 2.05) is 0 Å². The molecule has 1 atom stereocenters. The number of rotatable bonds is 28. The molecule has 0 saturated heterocycles. The van der Waals surface area contributed by atoms with E-state index in [1.165, 1.54) is 141 Å². The van der Waals surface area contributed by atoms with Crippen LogP contribution in [0.2, 0.25) is 0 Å². The summed E-state index contributed by atoms with van der Waals surface area (Å²) in [4.78, 5) is 12.4. The van der Waals surface area contributed by atoms with Crippen molar-refractivity contribution in [2.45, 2.75) is 188 Å². The lowest BCUT2D eigenvalue weighted by Gasteiger charge is -2.15. The molecule has 0 aromatic carbocycles. The maximum atomic E-state index is 12.4. The highest BCUT2D eigenvalue weighted by Gasteiger charge is 2.18. The molecule has 204 valence electrons. The summed E-state index contributed by atoms with van der Waals surface area (Å²) in [7, 11) is 0. The Morgan fingerprint density at radius 1 is 0.441 bits per heavy atom. The third kappa shape index (κ3) is 24.6. The van der Waals surface area contributed by atoms with Crippen molar-refractivity contribution in [1.82, 2.24) is 0 Å². The molecule has 2 nitrogen and oxygen atoms in total. The van der Waals surface area contributed by atoms with Crippen LogP contribution in [-0.2, 0) is 9.53 Å². The van der Waals surface area contributed by atoms with Crippen LogP contribution >= 0.6 is 0 Å². The minimum absolute atomic E-state index is 0.0734. The predicted octanol–water partition coefficient (Wildman–Crippen LogP) is 11.3. The van der Waals surface area contributed by atoms with Crippen LogP contribution in [0, 0.1) is 5.92 Å². The lowest BCUT2D eigenvalue weighted by molar-refractivity contribution is -0.149. The molecule has 0 N–H and O–H groups in total. The highest BCUT2D eigenvalue weighted by molar-refractivity contribution is 5.72. The molecular formula is C32H64O2. The van der Waals surface area contributed by atoms with E-state index in [2.05, 4.69) is 20.8 Å². The quantitative estimate of drug-likeness (QED) is 0.0821. The molecule has 0 aromatic rings. The van der Waals surface area contributed by atoms with Gasteiger partial charge in [-0.05, 0) is 19.3 Å². The highest BCUT2D eigenvalue weighted by atomic mass is 16.5. The van der Waals surface area contributed by atoms with E-state index >= 15 is 0 Å². The Morgan fingerprint density at radius 2 is 0.794 bits per heavy atom. The first kappa shape index (κ1) is 33.5. The first-order chi connectivity index (χ1) is 16.8. The number of unbranched alkanes of at least 4 members (excludes halogenated alkanes) is 21. The molecule has 0 bridgehead atoms. The molecule has 0 radical (unpaired) electrons. The van der Waals surface area contributed by atoms with E-state index < -0.39 is 0 Å². The fourth-order valence-corrected chi connectivity index (χ4v) is 5.02. The van der Waals surface area contributed by atoms with Gasteiger partial charge in [0.2, 0.25) is 0 Å². The van der Waals surface area contributed by atoms with E-state index in [1.54, 1.807) is 0 Å². The Balaban J connectivity index is 3.44. The third-order valence-electron chi connectivity index (χ3n) is 7.37. The smallest absolute Gasteiger partial charge is 0.308 e. The Kier molecular flexibility index (Phi) is 28.3. The maximum absolute atomic E-state index is 12.4. The van der Waals surface area contributed by atoms with Crippen molar-refractivity contribution in [1.29, 1.82) is 0 Å². The van der Waals surface area contributed by atoms with Gasteiger partial charge in [-0.3, -0.25) is 4.79 Å². The number of hydrogen-bond acceptors (Lipinski definition) is 2. The van der Waals surface area contributed by atoms with Gasteiger partial charge in [-0.15, -0.1) is 0 Å². The average Bonchev–Trinajstić information content (AvgIpc) is 2.84. The maximum Gasteiger partial charge on any atom is 0.308 e. The molecule has 0 aromatic heterocycles. The molecule has 34 heavy (non-hydrogen) atoms. The number of carbonyl (C=O) groups is 1. The molecule has 0 aliphatic carbocycles. The van der Waals surface area contributed by atoms with Gasteiger partial charge in [-0.1, -0.05) is 168 Å². The van der Waals surface area contributed by atoms with E-state index in [-0.39, 0.29) is 11.9 Å². The summed E-state index contributed by atoms with van der Waals surface area (Å²) in [5, 5.41) is 0. The second-order valence-corrected chi connectivity index (χ2v) is 10.9. The second-order valence-electron chi connectivity index (χ2n) is 10.9. The van der Waals surface area contributed by atoms with Crippen LogP contribution in [0.3, 0.4) is 0 Å². The Morgan fingerprint density at radius 3 is 1.18 bits per heavy atom. The molecule has 0 aliphatic heterocycles. The van der Waals surface area contributed by atoms with Crippen molar-refractivity contribution in [2.24, 2.45) is 5.92 Å². The normalized spacial score (nSPS) is 12.2. The van der Waals surface area contributed by atoms with E-state index in [4.69, 9.17) is 4.74 Å². The predicted molar refractivity (Wildman–Crippen MR) is 152 cm³/mol. The molecule has 0 saturated carbocycles. The summed E-state index contributed by atoms with van der Waals surface area (Å²) in [6, 6.07) is 0. The zero-order valence-corrected chi connectivity index (χ0v) is 24.0. The van der Waals surface area contributed by atoms with Gasteiger partial charge in [-0.2, -0.15) is 0 Å². The molecule has 0 aliphatic rings. The zero-order valence-electron chi connectivity index (χ0n) is 24.0. The molecule has 0 amide bonds. The summed E-state index contributed by atoms with van der Waals surface area (Å²) in [5.41, 5.74) is 0. The van der Waals surface area contributed by atoms with E-state index in [0.717, 1.165) is 25.7 Å². The van der Waals surface area contributed by atoms with Gasteiger partial charge in [0.05, 0.1) is 12.5 Å². The fraction of sp³-hybridized carbons (Fsp3) is 0.969. The second kappa shape index (κ2) is 28.7. The molecule has 0 rings (SSSR count). The van der Waals surface area contributed by atoms with Crippen LogP contribution in [0.25, 0.3) is 0 Å². The van der Waals surface area contributed by atoms with E-state index in [0.29, 0.717) is 6.61 Å². The van der Waals surface area contributed by atoms with Gasteiger partial charge < -0.3 is 4.74 Å². The van der Waals surface area contributed by atoms with Gasteiger partial charge in [0.1, 0.15) is 0 Å². The van der Waals surface area contributed by atoms with Crippen molar-refractivity contribution in [3.05, 3.63) is 0 Å². The van der Waals surface area contributed by atoms with Crippen LogP contribution in [0.1, 0.15) is 188 Å². The molecular weight excluding hydrogens is 416 g/mol. The Bertz CT molecular complexity index is 392. The van der Waals surface area contributed by atoms with Crippen molar-refractivity contribution in [3.8, 4) is 0 Å². The van der Waals surface area contributed by atoms with E-state index in [9.17, 15) is 4.79 Å². The topological polar surface area (TPSA) is 26.3 Å². The summed E-state index contributed by atoms with van der Waals surface area (Å²) < 4.78 is 5.59. The van der Waals surface area contributed by atoms with Crippen LogP contribution < -0.4 is 0 Å². The van der Waals surface area contributed by atoms with Crippen LogP contribution in [-0.4, -0.2) is 12.6 Å². The molecule has 0 spiro atoms. The van der Waals surface area contributed by atoms with Crippen molar-refractivity contribution < 1.29 is 9.53 Å². The number of carbonyl (C=O) groups excluding carboxylic acids is 1. The van der Waals surface area contributed by atoms with Gasteiger partial charge in [0.15, 0.2) is 0 Å². The largest absolute Gasteiger partial charge is 0.465 e. The minimum Gasteiger partial charge on any atom is -0.465 e. The zero-order chi connectivity index (χ0) is 25.0. The van der Waals surface area contributed by atoms with Crippen molar-refractivity contribution in [2.75, 3.05) is 6.61 Å². The summed E-state index contributed by atoms with van der Waals surface area (Å²) >= 11 is 0. The van der Waals surface area contributed by atoms with Gasteiger partial charge in [0, 0.05) is 0 Å². The monoisotopic (exact) mass is 480 g/mol. The van der Waals surface area contributed by atoms with Gasteiger partial charge in [-0.25, -0.2) is 0 Å². The fourth-order valence-electron chi connectivity index (χ4n) is 5.02. The SMILES string of the molecule is CCCCCCCCCCCCCCCCCCCCC(CCC)C(=O)OCCCCCCC. The standard InChI is InChI=1S/C32H64O2/c1-4-7-9-11-12-13-14-15-16-17-18-19-20-21-22-23-24-26-29-31(28-6-3)32(33)34-30-27-25-10-8-5-2/h31H,4-30H2,1-3H3. The number of ether oxygens (including phenoxy) is 1. The molecule has 0 heterocycles. The molecule has 0 fully saturated rings. The van der Waals surface area contributed by atoms with Crippen LogP contribution in [0.4, 0.5) is 0 Å². The highest BCUT2D eigenvalue weighted by Crippen LogP contribution is 2.19. The number of esters is 1. The van der Waals surface area contributed by atoms with Crippen LogP contribution in [0.5, 0.6) is 0 Å². The first-order valence-electron chi connectivity index (χ1n) is 15.9. The van der Waals surface area contributed by atoms with Crippen molar-refractivity contribution >= 4 is 5.97 Å². The molecule has 2 heteroatoms. The Hall–Kier alpha value is -0.530. The Labute approximate surface area is 215 Å². The number of hydrogen-bond donors (Lipinski definition) is 0. The van der Waals surface area contributed by atoms with Crippen LogP contribution in [0.15, 0.2) is 0 Å². The summed E-state index contributed by atoms with van der Waals surface area (Å²) in [5.74, 6) is 0.214. The lowest BCUT2D eigenvalue weighted by Crippen LogP contribution is -2.18. The third-order valence-corrected chi connectivity index (χ3v) is 7.37. The summed E-state index contributed by atoms with van der Waals surface area (Å²) in [6.45, 7) is 7.33. The van der Waals surface area contributed by atoms with Gasteiger partial charge in [0.25, 0.3) is 0 Å². The average molecular weight is 481 g/mol. The molecule has 1 unspecified atom stereocenters. The lowest BCUT2D eigenvalue weighted by atomic mass is 9.96. The van der Waals surface area contributed by atoms with Gasteiger partial charge >= 0.3 is 5.97 Å².